The molecule has 5 heteroatoms. The molecule has 3 nitrogen and oxygen atoms in total. The third-order valence-electron chi connectivity index (χ3n) is 2.61. The van der Waals surface area contributed by atoms with Crippen LogP contribution in [0.3, 0.4) is 0 Å². The third-order valence-corrected chi connectivity index (χ3v) is 4.02. The normalized spacial score (nSPS) is 12.7. The molecule has 0 saturated carbocycles. The fourth-order valence-corrected chi connectivity index (χ4v) is 2.84. The van der Waals surface area contributed by atoms with E-state index in [1.165, 1.54) is 4.88 Å². The van der Waals surface area contributed by atoms with Crippen molar-refractivity contribution in [2.45, 2.75) is 26.3 Å². The average Bonchev–Trinajstić information content (AvgIpc) is 2.58. The molecule has 0 amide bonds. The minimum Gasteiger partial charge on any atom is -0.322 e. The molecule has 2 rings (SSSR count). The molecule has 1 atom stereocenters. The molecule has 2 aromatic heterocycles. The summed E-state index contributed by atoms with van der Waals surface area (Å²) in [5.74, 6) is 0. The molecule has 1 unspecified atom stereocenters. The molecule has 0 bridgehead atoms. The molecule has 0 spiro atoms. The maximum atomic E-state index is 6.11. The van der Waals surface area contributed by atoms with Gasteiger partial charge in [0.15, 0.2) is 0 Å². The van der Waals surface area contributed by atoms with Crippen LogP contribution in [0.4, 0.5) is 0 Å². The zero-order valence-corrected chi connectivity index (χ0v) is 11.3. The zero-order chi connectivity index (χ0) is 12.4. The number of aromatic nitrogens is 2. The van der Waals surface area contributed by atoms with Crippen molar-refractivity contribution in [3.05, 3.63) is 44.6 Å². The van der Waals surface area contributed by atoms with Crippen molar-refractivity contribution < 1.29 is 0 Å². The Labute approximate surface area is 110 Å². The molecule has 17 heavy (non-hydrogen) atoms. The first-order valence-electron chi connectivity index (χ1n) is 5.37. The first kappa shape index (κ1) is 12.5. The van der Waals surface area contributed by atoms with Gasteiger partial charge in [-0.05, 0) is 26.0 Å². The lowest BCUT2D eigenvalue weighted by Gasteiger charge is -2.10. The van der Waals surface area contributed by atoms with Crippen LogP contribution in [-0.2, 0) is 6.42 Å². The number of nitrogens with two attached hydrogens (primary N) is 1. The number of hydrogen-bond donors (Lipinski definition) is 1. The molecule has 2 aromatic rings. The molecule has 0 saturated heterocycles. The van der Waals surface area contributed by atoms with E-state index in [9.17, 15) is 0 Å². The molecule has 0 aromatic carbocycles. The first-order valence-corrected chi connectivity index (χ1v) is 6.56. The highest BCUT2D eigenvalue weighted by atomic mass is 35.5. The Bertz CT molecular complexity index is 505. The summed E-state index contributed by atoms with van der Waals surface area (Å²) in [5.41, 5.74) is 7.92. The quantitative estimate of drug-likeness (QED) is 0.930. The first-order chi connectivity index (χ1) is 8.08. The highest BCUT2D eigenvalue weighted by Crippen LogP contribution is 2.24. The van der Waals surface area contributed by atoms with Gasteiger partial charge >= 0.3 is 0 Å². The Kier molecular flexibility index (Phi) is 3.76. The fraction of sp³-hybridized carbons (Fsp3) is 0.333. The van der Waals surface area contributed by atoms with E-state index >= 15 is 0 Å². The minimum absolute atomic E-state index is 0.200. The van der Waals surface area contributed by atoms with Crippen molar-refractivity contribution >= 4 is 22.9 Å². The molecule has 2 heterocycles. The molecular formula is C12H14ClN3S. The Hall–Kier alpha value is -0.970. The Balaban J connectivity index is 2.17. The van der Waals surface area contributed by atoms with Crippen molar-refractivity contribution in [1.82, 2.24) is 9.97 Å². The van der Waals surface area contributed by atoms with Gasteiger partial charge in [0.25, 0.3) is 0 Å². The van der Waals surface area contributed by atoms with E-state index in [0.717, 1.165) is 16.4 Å². The molecular weight excluding hydrogens is 254 g/mol. The molecule has 0 aliphatic carbocycles. The van der Waals surface area contributed by atoms with E-state index < -0.39 is 0 Å². The molecule has 2 N–H and O–H groups in total. The van der Waals surface area contributed by atoms with E-state index in [4.69, 9.17) is 17.3 Å². The zero-order valence-electron chi connectivity index (χ0n) is 9.77. The van der Waals surface area contributed by atoms with E-state index in [-0.39, 0.29) is 6.04 Å². The van der Waals surface area contributed by atoms with Gasteiger partial charge in [0.2, 0.25) is 0 Å². The van der Waals surface area contributed by atoms with Gasteiger partial charge in [-0.3, -0.25) is 4.98 Å². The number of thiazole rings is 1. The summed E-state index contributed by atoms with van der Waals surface area (Å²) in [5, 5.41) is 1.65. The standard InChI is InChI=1S/C12H14ClN3S/c1-7-8(2)17-11(16-7)6-10(14)12-9(13)4-3-5-15-12/h3-5,10H,6,14H2,1-2H3. The van der Waals surface area contributed by atoms with Gasteiger partial charge in [-0.25, -0.2) is 4.98 Å². The largest absolute Gasteiger partial charge is 0.322 e. The summed E-state index contributed by atoms with van der Waals surface area (Å²) in [6.07, 6.45) is 2.38. The van der Waals surface area contributed by atoms with E-state index in [0.29, 0.717) is 11.4 Å². The lowest BCUT2D eigenvalue weighted by molar-refractivity contribution is 0.692. The van der Waals surface area contributed by atoms with Crippen LogP contribution in [0.15, 0.2) is 18.3 Å². The van der Waals surface area contributed by atoms with E-state index in [2.05, 4.69) is 16.9 Å². The second-order valence-corrected chi connectivity index (χ2v) is 5.63. The second kappa shape index (κ2) is 5.12. The number of nitrogens with zero attached hydrogens (tertiary/aromatic N) is 2. The van der Waals surface area contributed by atoms with E-state index in [1.807, 2.05) is 13.0 Å². The van der Waals surface area contributed by atoms with Gasteiger partial charge in [-0.2, -0.15) is 0 Å². The number of rotatable bonds is 3. The van der Waals surface area contributed by atoms with Crippen molar-refractivity contribution in [3.63, 3.8) is 0 Å². The topological polar surface area (TPSA) is 51.8 Å². The SMILES string of the molecule is Cc1nc(CC(N)c2ncccc2Cl)sc1C. The van der Waals surface area contributed by atoms with Gasteiger partial charge < -0.3 is 5.73 Å². The molecule has 0 aliphatic heterocycles. The van der Waals surface area contributed by atoms with Crippen LogP contribution in [0.25, 0.3) is 0 Å². The van der Waals surface area contributed by atoms with Gasteiger partial charge in [0.05, 0.1) is 27.5 Å². The van der Waals surface area contributed by atoms with Crippen molar-refractivity contribution in [2.24, 2.45) is 5.73 Å². The Morgan fingerprint density at radius 1 is 1.47 bits per heavy atom. The van der Waals surface area contributed by atoms with Crippen LogP contribution in [0.1, 0.15) is 27.3 Å². The molecule has 0 radical (unpaired) electrons. The van der Waals surface area contributed by atoms with Crippen LogP contribution in [-0.4, -0.2) is 9.97 Å². The van der Waals surface area contributed by atoms with Crippen molar-refractivity contribution in [3.8, 4) is 0 Å². The van der Waals surface area contributed by atoms with Crippen LogP contribution in [0.5, 0.6) is 0 Å². The van der Waals surface area contributed by atoms with Crippen LogP contribution in [0.2, 0.25) is 5.02 Å². The predicted molar refractivity (Wildman–Crippen MR) is 71.5 cm³/mol. The van der Waals surface area contributed by atoms with Crippen LogP contribution < -0.4 is 5.73 Å². The number of halogens is 1. The summed E-state index contributed by atoms with van der Waals surface area (Å²) in [6, 6.07) is 3.41. The summed E-state index contributed by atoms with van der Waals surface area (Å²) in [4.78, 5) is 9.93. The van der Waals surface area contributed by atoms with Crippen LogP contribution >= 0.6 is 22.9 Å². The molecule has 0 aliphatic rings. The van der Waals surface area contributed by atoms with Crippen molar-refractivity contribution in [2.75, 3.05) is 0 Å². The summed E-state index contributed by atoms with van der Waals surface area (Å²) in [6.45, 7) is 4.07. The molecule has 0 fully saturated rings. The maximum absolute atomic E-state index is 6.11. The Morgan fingerprint density at radius 2 is 2.24 bits per heavy atom. The molecule has 90 valence electrons. The summed E-state index contributed by atoms with van der Waals surface area (Å²) in [7, 11) is 0. The van der Waals surface area contributed by atoms with E-state index in [1.54, 1.807) is 23.6 Å². The lowest BCUT2D eigenvalue weighted by atomic mass is 10.1. The number of hydrogen-bond acceptors (Lipinski definition) is 4. The third kappa shape index (κ3) is 2.83. The van der Waals surface area contributed by atoms with Gasteiger partial charge in [-0.1, -0.05) is 11.6 Å². The Morgan fingerprint density at radius 3 is 2.82 bits per heavy atom. The lowest BCUT2D eigenvalue weighted by Crippen LogP contribution is -2.15. The highest BCUT2D eigenvalue weighted by molar-refractivity contribution is 7.11. The maximum Gasteiger partial charge on any atom is 0.0950 e. The second-order valence-electron chi connectivity index (χ2n) is 3.93. The van der Waals surface area contributed by atoms with Crippen molar-refractivity contribution in [1.29, 1.82) is 0 Å². The number of aryl methyl sites for hydroxylation is 2. The fourth-order valence-electron chi connectivity index (χ4n) is 1.58. The average molecular weight is 268 g/mol. The van der Waals surface area contributed by atoms with Gasteiger partial charge in [-0.15, -0.1) is 11.3 Å². The smallest absolute Gasteiger partial charge is 0.0950 e. The van der Waals surface area contributed by atoms with Gasteiger partial charge in [0, 0.05) is 17.5 Å². The monoisotopic (exact) mass is 267 g/mol. The van der Waals surface area contributed by atoms with Gasteiger partial charge in [0.1, 0.15) is 0 Å². The summed E-state index contributed by atoms with van der Waals surface area (Å²) >= 11 is 7.74. The number of pyridine rings is 1. The highest BCUT2D eigenvalue weighted by Gasteiger charge is 2.14. The minimum atomic E-state index is -0.200. The predicted octanol–water partition coefficient (Wildman–Crippen LogP) is 3.05. The summed E-state index contributed by atoms with van der Waals surface area (Å²) < 4.78 is 0. The van der Waals surface area contributed by atoms with Crippen LogP contribution in [0, 0.1) is 13.8 Å².